The molecule has 1 amide bonds. The van der Waals surface area contributed by atoms with Crippen LogP contribution in [0.3, 0.4) is 0 Å². The van der Waals surface area contributed by atoms with Crippen LogP contribution < -0.4 is 9.64 Å². The fourth-order valence-corrected chi connectivity index (χ4v) is 4.87. The Morgan fingerprint density at radius 1 is 0.886 bits per heavy atom. The Kier molecular flexibility index (Phi) is 7.05. The molecule has 1 heterocycles. The fourth-order valence-electron chi connectivity index (χ4n) is 3.49. The number of carbonyl (C=O) groups excluding carboxylic acids is 1. The van der Waals surface area contributed by atoms with Crippen molar-refractivity contribution in [1.29, 1.82) is 0 Å². The molecule has 0 bridgehead atoms. The Morgan fingerprint density at radius 2 is 1.49 bits per heavy atom. The largest absolute Gasteiger partial charge is 0.573 e. The van der Waals surface area contributed by atoms with Gasteiger partial charge in [-0.1, -0.05) is 0 Å². The SMILES string of the molecule is CS(=O)(=O)c1ccc(OC(F)(F)F)c(C(=O)N2CCN(c3ccc(S(C)(=O)=O)c(F)c3F)CC2)c1. The molecule has 0 aliphatic carbocycles. The lowest BCUT2D eigenvalue weighted by molar-refractivity contribution is -0.274. The van der Waals surface area contributed by atoms with Gasteiger partial charge in [-0.2, -0.15) is 0 Å². The number of ether oxygens (including phenoxy) is 1. The molecule has 0 N–H and O–H groups in total. The minimum Gasteiger partial charge on any atom is -0.405 e. The van der Waals surface area contributed by atoms with Crippen LogP contribution in [0.5, 0.6) is 5.75 Å². The van der Waals surface area contributed by atoms with Crippen LogP contribution in [0.25, 0.3) is 0 Å². The molecule has 15 heteroatoms. The van der Waals surface area contributed by atoms with Gasteiger partial charge in [0.05, 0.1) is 16.1 Å². The van der Waals surface area contributed by atoms with Crippen molar-refractivity contribution >= 4 is 31.3 Å². The van der Waals surface area contributed by atoms with Crippen LogP contribution in [0.1, 0.15) is 10.4 Å². The number of hydrogen-bond acceptors (Lipinski definition) is 7. The monoisotopic (exact) mass is 542 g/mol. The van der Waals surface area contributed by atoms with Crippen LogP contribution in [0.2, 0.25) is 0 Å². The van der Waals surface area contributed by atoms with Crippen LogP contribution in [0.4, 0.5) is 27.6 Å². The highest BCUT2D eigenvalue weighted by atomic mass is 32.2. The number of anilines is 1. The van der Waals surface area contributed by atoms with Crippen molar-refractivity contribution < 1.29 is 48.3 Å². The molecule has 192 valence electrons. The minimum absolute atomic E-state index is 0.0679. The van der Waals surface area contributed by atoms with Gasteiger partial charge in [0.25, 0.3) is 5.91 Å². The topological polar surface area (TPSA) is 101 Å². The van der Waals surface area contributed by atoms with E-state index in [0.29, 0.717) is 0 Å². The molecule has 35 heavy (non-hydrogen) atoms. The quantitative estimate of drug-likeness (QED) is 0.536. The Bertz CT molecular complexity index is 1370. The Balaban J connectivity index is 1.85. The van der Waals surface area contributed by atoms with Crippen molar-refractivity contribution in [3.8, 4) is 5.75 Å². The minimum atomic E-state index is -5.14. The average Bonchev–Trinajstić information content (AvgIpc) is 2.73. The Labute approximate surface area is 197 Å². The van der Waals surface area contributed by atoms with Gasteiger partial charge in [-0.25, -0.2) is 25.6 Å². The molecule has 2 aromatic rings. The van der Waals surface area contributed by atoms with E-state index in [2.05, 4.69) is 4.74 Å². The van der Waals surface area contributed by atoms with Crippen LogP contribution in [0, 0.1) is 11.6 Å². The zero-order chi connectivity index (χ0) is 26.3. The molecule has 0 unspecified atom stereocenters. The molecule has 1 aliphatic rings. The van der Waals surface area contributed by atoms with Crippen molar-refractivity contribution in [3.05, 3.63) is 47.5 Å². The fraction of sp³-hybridized carbons (Fsp3) is 0.350. The zero-order valence-corrected chi connectivity index (χ0v) is 19.9. The number of benzene rings is 2. The summed E-state index contributed by atoms with van der Waals surface area (Å²) in [5.74, 6) is -4.78. The number of halogens is 5. The van der Waals surface area contributed by atoms with Gasteiger partial charge in [0, 0.05) is 38.7 Å². The van der Waals surface area contributed by atoms with Gasteiger partial charge in [0.15, 0.2) is 31.3 Å². The summed E-state index contributed by atoms with van der Waals surface area (Å²) >= 11 is 0. The summed E-state index contributed by atoms with van der Waals surface area (Å²) in [7, 11) is -7.86. The van der Waals surface area contributed by atoms with Gasteiger partial charge in [-0.05, 0) is 30.3 Å². The summed E-state index contributed by atoms with van der Waals surface area (Å²) in [4.78, 5) is 14.2. The van der Waals surface area contributed by atoms with Gasteiger partial charge < -0.3 is 14.5 Å². The maximum atomic E-state index is 14.5. The molecule has 0 radical (unpaired) electrons. The molecule has 1 saturated heterocycles. The first-order chi connectivity index (χ1) is 16.0. The van der Waals surface area contributed by atoms with E-state index in [1.807, 2.05) is 0 Å². The molecular weight excluding hydrogens is 523 g/mol. The number of hydrogen-bond donors (Lipinski definition) is 0. The smallest absolute Gasteiger partial charge is 0.405 e. The maximum Gasteiger partial charge on any atom is 0.573 e. The first-order valence-electron chi connectivity index (χ1n) is 9.81. The molecule has 1 aliphatic heterocycles. The van der Waals surface area contributed by atoms with Crippen molar-refractivity contribution in [1.82, 2.24) is 4.90 Å². The van der Waals surface area contributed by atoms with E-state index in [0.717, 1.165) is 47.7 Å². The number of sulfone groups is 2. The van der Waals surface area contributed by atoms with E-state index in [1.54, 1.807) is 0 Å². The van der Waals surface area contributed by atoms with E-state index in [-0.39, 0.29) is 31.9 Å². The molecule has 3 rings (SSSR count). The van der Waals surface area contributed by atoms with E-state index in [9.17, 15) is 43.6 Å². The van der Waals surface area contributed by atoms with Crippen LogP contribution in [-0.4, -0.2) is 72.7 Å². The predicted octanol–water partition coefficient (Wildman–Crippen LogP) is 2.63. The van der Waals surface area contributed by atoms with E-state index < -0.39 is 64.7 Å². The Hall–Kier alpha value is -2.94. The second-order valence-electron chi connectivity index (χ2n) is 7.74. The third-order valence-corrected chi connectivity index (χ3v) is 7.39. The van der Waals surface area contributed by atoms with Crippen LogP contribution in [-0.2, 0) is 19.7 Å². The predicted molar refractivity (Wildman–Crippen MR) is 114 cm³/mol. The number of rotatable bonds is 5. The standard InChI is InChI=1S/C20H19F5N2O6S2/c1-34(29,30)12-3-5-15(33-20(23,24)25)13(11-12)19(28)27-9-7-26(8-10-27)14-4-6-16(35(2,31)32)18(22)17(14)21/h3-6,11H,7-10H2,1-2H3. The van der Waals surface area contributed by atoms with Crippen molar-refractivity contribution in [2.75, 3.05) is 43.6 Å². The maximum absolute atomic E-state index is 14.5. The second kappa shape index (κ2) is 9.26. The molecule has 0 saturated carbocycles. The van der Waals surface area contributed by atoms with Crippen LogP contribution >= 0.6 is 0 Å². The molecule has 0 aromatic heterocycles. The Morgan fingerprint density at radius 3 is 2.00 bits per heavy atom. The molecule has 8 nitrogen and oxygen atoms in total. The zero-order valence-electron chi connectivity index (χ0n) is 18.3. The molecule has 1 fully saturated rings. The van der Waals surface area contributed by atoms with Gasteiger partial charge >= 0.3 is 6.36 Å². The summed E-state index contributed by atoms with van der Waals surface area (Å²) in [6.45, 7) is -0.409. The highest BCUT2D eigenvalue weighted by Gasteiger charge is 2.35. The first kappa shape index (κ1) is 26.7. The summed E-state index contributed by atoms with van der Waals surface area (Å²) in [6.07, 6.45) is -3.59. The molecule has 0 atom stereocenters. The molecule has 2 aromatic carbocycles. The summed E-state index contributed by atoms with van der Waals surface area (Å²) in [5.41, 5.74) is -0.879. The number of piperazine rings is 1. The number of nitrogens with zero attached hydrogens (tertiary/aromatic N) is 2. The number of carbonyl (C=O) groups is 1. The van der Waals surface area contributed by atoms with Gasteiger partial charge in [-0.15, -0.1) is 13.2 Å². The van der Waals surface area contributed by atoms with Crippen molar-refractivity contribution in [2.24, 2.45) is 0 Å². The molecular formula is C20H19F5N2O6S2. The van der Waals surface area contributed by atoms with E-state index >= 15 is 0 Å². The van der Waals surface area contributed by atoms with E-state index in [1.165, 1.54) is 4.90 Å². The highest BCUT2D eigenvalue weighted by molar-refractivity contribution is 7.91. The van der Waals surface area contributed by atoms with Gasteiger partial charge in [0.1, 0.15) is 10.6 Å². The van der Waals surface area contributed by atoms with E-state index in [4.69, 9.17) is 0 Å². The highest BCUT2D eigenvalue weighted by Crippen LogP contribution is 2.31. The summed E-state index contributed by atoms with van der Waals surface area (Å²) < 4.78 is 118. The third kappa shape index (κ3) is 6.01. The van der Waals surface area contributed by atoms with Gasteiger partial charge in [0.2, 0.25) is 0 Å². The number of alkyl halides is 3. The number of amides is 1. The normalized spacial score (nSPS) is 15.3. The lowest BCUT2D eigenvalue weighted by Crippen LogP contribution is -2.49. The summed E-state index contributed by atoms with van der Waals surface area (Å²) in [6, 6.07) is 4.39. The van der Waals surface area contributed by atoms with Crippen molar-refractivity contribution in [2.45, 2.75) is 16.2 Å². The van der Waals surface area contributed by atoms with Crippen LogP contribution in [0.15, 0.2) is 40.1 Å². The lowest BCUT2D eigenvalue weighted by atomic mass is 10.1. The lowest BCUT2D eigenvalue weighted by Gasteiger charge is -2.36. The van der Waals surface area contributed by atoms with Crippen molar-refractivity contribution in [3.63, 3.8) is 0 Å². The first-order valence-corrected chi connectivity index (χ1v) is 13.6. The molecule has 0 spiro atoms. The summed E-state index contributed by atoms with van der Waals surface area (Å²) in [5, 5.41) is 0. The third-order valence-electron chi connectivity index (χ3n) is 5.17. The average molecular weight is 543 g/mol. The van der Waals surface area contributed by atoms with Gasteiger partial charge in [-0.3, -0.25) is 4.79 Å². The second-order valence-corrected chi connectivity index (χ2v) is 11.7.